The van der Waals surface area contributed by atoms with Gasteiger partial charge in [0.15, 0.2) is 0 Å². The molecule has 3 nitrogen and oxygen atoms in total. The van der Waals surface area contributed by atoms with Gasteiger partial charge in [0.1, 0.15) is 11.5 Å². The van der Waals surface area contributed by atoms with Gasteiger partial charge in [0.2, 0.25) is 0 Å². The lowest BCUT2D eigenvalue weighted by atomic mass is 9.93. The summed E-state index contributed by atoms with van der Waals surface area (Å²) in [7, 11) is 0. The number of fused-ring (bicyclic) bond motifs is 2. The quantitative estimate of drug-likeness (QED) is 0.909. The number of ether oxygens (including phenoxy) is 2. The van der Waals surface area contributed by atoms with Gasteiger partial charge in [-0.05, 0) is 41.6 Å². The fourth-order valence-electron chi connectivity index (χ4n) is 2.79. The molecule has 0 atom stereocenters. The Hall–Kier alpha value is -1.00. The van der Waals surface area contributed by atoms with Crippen LogP contribution in [-0.2, 0) is 12.8 Å². The van der Waals surface area contributed by atoms with Crippen molar-refractivity contribution < 1.29 is 9.47 Å². The van der Waals surface area contributed by atoms with E-state index in [2.05, 4.69) is 22.0 Å². The van der Waals surface area contributed by atoms with Gasteiger partial charge < -0.3 is 15.2 Å². The molecule has 0 amide bonds. The molecule has 0 bridgehead atoms. The zero-order valence-corrected chi connectivity index (χ0v) is 12.5. The zero-order valence-electron chi connectivity index (χ0n) is 10.9. The molecule has 19 heavy (non-hydrogen) atoms. The number of benzene rings is 1. The Bertz CT molecular complexity index is 488. The van der Waals surface area contributed by atoms with Gasteiger partial charge in [0.05, 0.1) is 17.7 Å². The first-order valence-electron chi connectivity index (χ1n) is 6.82. The van der Waals surface area contributed by atoms with Gasteiger partial charge in [0.25, 0.3) is 0 Å². The van der Waals surface area contributed by atoms with Crippen molar-refractivity contribution in [1.29, 1.82) is 0 Å². The van der Waals surface area contributed by atoms with E-state index in [9.17, 15) is 0 Å². The van der Waals surface area contributed by atoms with Crippen molar-refractivity contribution in [2.45, 2.75) is 25.7 Å². The van der Waals surface area contributed by atoms with Gasteiger partial charge >= 0.3 is 0 Å². The summed E-state index contributed by atoms with van der Waals surface area (Å²) in [6, 6.07) is 0. The second-order valence-electron chi connectivity index (χ2n) is 4.89. The molecule has 0 saturated carbocycles. The predicted octanol–water partition coefficient (Wildman–Crippen LogP) is 3.07. The van der Waals surface area contributed by atoms with E-state index in [1.54, 1.807) is 0 Å². The van der Waals surface area contributed by atoms with Crippen LogP contribution in [0.4, 0.5) is 0 Å². The van der Waals surface area contributed by atoms with E-state index in [1.807, 2.05) is 6.08 Å². The summed E-state index contributed by atoms with van der Waals surface area (Å²) in [5.74, 6) is 2.03. The second-order valence-corrected chi connectivity index (χ2v) is 5.68. The molecule has 0 spiro atoms. The lowest BCUT2D eigenvalue weighted by molar-refractivity contribution is 0.270. The highest BCUT2D eigenvalue weighted by Crippen LogP contribution is 2.46. The highest BCUT2D eigenvalue weighted by molar-refractivity contribution is 9.10. The van der Waals surface area contributed by atoms with E-state index in [-0.39, 0.29) is 0 Å². The van der Waals surface area contributed by atoms with E-state index < -0.39 is 0 Å². The Morgan fingerprint density at radius 2 is 1.74 bits per heavy atom. The highest BCUT2D eigenvalue weighted by atomic mass is 79.9. The van der Waals surface area contributed by atoms with Crippen LogP contribution < -0.4 is 15.2 Å². The fraction of sp³-hybridized carbons (Fsp3) is 0.467. The summed E-state index contributed by atoms with van der Waals surface area (Å²) in [5, 5.41) is 0. The van der Waals surface area contributed by atoms with Gasteiger partial charge in [-0.25, -0.2) is 0 Å². The molecule has 0 aromatic heterocycles. The first-order chi connectivity index (χ1) is 9.33. The van der Waals surface area contributed by atoms with Crippen molar-refractivity contribution in [2.75, 3.05) is 19.8 Å². The van der Waals surface area contributed by atoms with Crippen molar-refractivity contribution in [1.82, 2.24) is 0 Å². The number of nitrogens with two attached hydrogens (primary N) is 1. The molecule has 0 fully saturated rings. The molecule has 0 saturated heterocycles. The summed E-state index contributed by atoms with van der Waals surface area (Å²) in [4.78, 5) is 0. The normalized spacial score (nSPS) is 17.6. The number of halogens is 1. The van der Waals surface area contributed by atoms with E-state index in [0.717, 1.165) is 60.4 Å². The van der Waals surface area contributed by atoms with Crippen LogP contribution in [0.1, 0.15) is 29.5 Å². The minimum absolute atomic E-state index is 0.542. The van der Waals surface area contributed by atoms with Crippen LogP contribution in [0.3, 0.4) is 0 Å². The van der Waals surface area contributed by atoms with Crippen molar-refractivity contribution >= 4 is 22.0 Å². The number of rotatable bonds is 2. The Labute approximate surface area is 121 Å². The van der Waals surface area contributed by atoms with Crippen molar-refractivity contribution in [3.8, 4) is 11.5 Å². The van der Waals surface area contributed by atoms with Gasteiger partial charge in [-0.2, -0.15) is 0 Å². The molecule has 102 valence electrons. The monoisotopic (exact) mass is 323 g/mol. The predicted molar refractivity (Wildman–Crippen MR) is 79.9 cm³/mol. The average Bonchev–Trinajstić information content (AvgIpc) is 2.47. The zero-order chi connectivity index (χ0) is 13.2. The standard InChI is InChI=1S/C15H18BrNO2/c16-13-12-6-3-8-18-14(12)10(4-1-7-17)11-5-2-9-19-15(11)13/h1,4H,2-3,5-9,17H2/b4-1+. The first kappa shape index (κ1) is 13.0. The molecule has 0 radical (unpaired) electrons. The Morgan fingerprint density at radius 1 is 1.05 bits per heavy atom. The maximum Gasteiger partial charge on any atom is 0.137 e. The summed E-state index contributed by atoms with van der Waals surface area (Å²) < 4.78 is 12.9. The molecular weight excluding hydrogens is 306 g/mol. The Balaban J connectivity index is 2.21. The topological polar surface area (TPSA) is 44.5 Å². The summed E-state index contributed by atoms with van der Waals surface area (Å²) >= 11 is 3.70. The van der Waals surface area contributed by atoms with Crippen molar-refractivity contribution in [2.24, 2.45) is 5.73 Å². The summed E-state index contributed by atoms with van der Waals surface area (Å²) in [6.07, 6.45) is 8.26. The third-order valence-electron chi connectivity index (χ3n) is 3.64. The minimum Gasteiger partial charge on any atom is -0.493 e. The molecule has 0 aliphatic carbocycles. The molecule has 0 unspecified atom stereocenters. The van der Waals surface area contributed by atoms with Crippen LogP contribution in [0, 0.1) is 0 Å². The SMILES string of the molecule is NC/C=C/c1c2c(c(Br)c3c1OCCC3)OCCC2. The van der Waals surface area contributed by atoms with Crippen LogP contribution in [0.25, 0.3) is 6.08 Å². The van der Waals surface area contributed by atoms with E-state index >= 15 is 0 Å². The Morgan fingerprint density at radius 3 is 2.47 bits per heavy atom. The van der Waals surface area contributed by atoms with Crippen LogP contribution in [0.15, 0.2) is 10.5 Å². The van der Waals surface area contributed by atoms with Crippen LogP contribution in [-0.4, -0.2) is 19.8 Å². The van der Waals surface area contributed by atoms with Crippen LogP contribution >= 0.6 is 15.9 Å². The molecule has 4 heteroatoms. The molecule has 1 aromatic rings. The molecule has 2 aliphatic heterocycles. The fourth-order valence-corrected chi connectivity index (χ4v) is 3.52. The number of hydrogen-bond acceptors (Lipinski definition) is 3. The molecule has 2 aliphatic rings. The van der Waals surface area contributed by atoms with Gasteiger partial charge in [-0.15, -0.1) is 0 Å². The largest absolute Gasteiger partial charge is 0.493 e. The number of hydrogen-bond donors (Lipinski definition) is 1. The lowest BCUT2D eigenvalue weighted by Gasteiger charge is -2.28. The maximum absolute atomic E-state index is 5.92. The Kier molecular flexibility index (Phi) is 3.80. The second kappa shape index (κ2) is 5.55. The van der Waals surface area contributed by atoms with Gasteiger partial charge in [-0.1, -0.05) is 12.2 Å². The average molecular weight is 324 g/mol. The summed E-state index contributed by atoms with van der Waals surface area (Å²) in [5.41, 5.74) is 9.25. The smallest absolute Gasteiger partial charge is 0.137 e. The molecule has 3 rings (SSSR count). The maximum atomic E-state index is 5.92. The minimum atomic E-state index is 0.542. The van der Waals surface area contributed by atoms with Crippen molar-refractivity contribution in [3.63, 3.8) is 0 Å². The van der Waals surface area contributed by atoms with E-state index in [4.69, 9.17) is 15.2 Å². The third-order valence-corrected chi connectivity index (χ3v) is 4.48. The van der Waals surface area contributed by atoms with Crippen LogP contribution in [0.2, 0.25) is 0 Å². The molecule has 2 heterocycles. The van der Waals surface area contributed by atoms with E-state index in [1.165, 1.54) is 11.1 Å². The molecular formula is C15H18BrNO2. The van der Waals surface area contributed by atoms with Crippen molar-refractivity contribution in [3.05, 3.63) is 27.2 Å². The molecule has 2 N–H and O–H groups in total. The summed E-state index contributed by atoms with van der Waals surface area (Å²) in [6.45, 7) is 2.13. The highest BCUT2D eigenvalue weighted by Gasteiger charge is 2.27. The van der Waals surface area contributed by atoms with Crippen LogP contribution in [0.5, 0.6) is 11.5 Å². The third kappa shape index (κ3) is 2.28. The van der Waals surface area contributed by atoms with E-state index in [0.29, 0.717) is 6.54 Å². The lowest BCUT2D eigenvalue weighted by Crippen LogP contribution is -2.16. The van der Waals surface area contributed by atoms with Gasteiger partial charge in [0, 0.05) is 23.2 Å². The van der Waals surface area contributed by atoms with Gasteiger partial charge in [-0.3, -0.25) is 0 Å². The molecule has 1 aromatic carbocycles. The first-order valence-corrected chi connectivity index (χ1v) is 7.61.